The molecule has 5 rings (SSSR count). The summed E-state index contributed by atoms with van der Waals surface area (Å²) in [7, 11) is 2.72. The number of carboxylic acid groups (broad SMARTS) is 1. The predicted molar refractivity (Wildman–Crippen MR) is 223 cm³/mol. The maximum atomic E-state index is 10.4. The maximum absolute atomic E-state index is 10.4. The van der Waals surface area contributed by atoms with Gasteiger partial charge in [-0.1, -0.05) is 18.2 Å². The number of benzene rings is 3. The summed E-state index contributed by atoms with van der Waals surface area (Å²) in [6.45, 7) is 13.3. The van der Waals surface area contributed by atoms with Gasteiger partial charge in [0.25, 0.3) is 0 Å². The largest absolute Gasteiger partial charge is 0.497 e. The Morgan fingerprint density at radius 2 is 1.36 bits per heavy atom. The molecule has 2 heterocycles. The number of anilines is 1. The van der Waals surface area contributed by atoms with Crippen molar-refractivity contribution in [2.24, 2.45) is 0 Å². The second-order valence-corrected chi connectivity index (χ2v) is 14.5. The Labute approximate surface area is 346 Å². The van der Waals surface area contributed by atoms with Crippen molar-refractivity contribution in [2.45, 2.75) is 45.4 Å². The Hall–Kier alpha value is -4.75. The molecule has 1 saturated heterocycles. The highest BCUT2D eigenvalue weighted by atomic mass is 16.7. The molecule has 0 spiro atoms. The minimum absolute atomic E-state index is 0.243. The number of amides is 1. The van der Waals surface area contributed by atoms with Crippen molar-refractivity contribution in [3.8, 4) is 28.4 Å². The highest BCUT2D eigenvalue weighted by Crippen LogP contribution is 2.38. The second kappa shape index (κ2) is 22.6. The molecule has 16 nitrogen and oxygen atoms in total. The van der Waals surface area contributed by atoms with Gasteiger partial charge >= 0.3 is 13.2 Å². The van der Waals surface area contributed by atoms with Crippen molar-refractivity contribution in [3.05, 3.63) is 66.4 Å². The quantitative estimate of drug-likeness (QED) is 0.0572. The van der Waals surface area contributed by atoms with Crippen LogP contribution in [0.3, 0.4) is 0 Å². The second-order valence-electron chi connectivity index (χ2n) is 14.5. The van der Waals surface area contributed by atoms with E-state index < -0.39 is 24.4 Å². The van der Waals surface area contributed by atoms with Gasteiger partial charge in [-0.2, -0.15) is 10.2 Å². The zero-order valence-corrected chi connectivity index (χ0v) is 34.9. The molecule has 3 aromatic carbocycles. The fraction of sp³-hybridized carbons (Fsp3) is 0.500. The molecule has 3 N–H and O–H groups in total. The molecular weight excluding hydrogens is 763 g/mol. The average Bonchev–Trinajstić information content (AvgIpc) is 3.45. The van der Waals surface area contributed by atoms with Crippen LogP contribution in [0.25, 0.3) is 22.0 Å². The van der Waals surface area contributed by atoms with Gasteiger partial charge in [0.05, 0.1) is 109 Å². The predicted octanol–water partition coefficient (Wildman–Crippen LogP) is 4.95. The van der Waals surface area contributed by atoms with Crippen molar-refractivity contribution >= 4 is 35.3 Å². The highest BCUT2D eigenvalue weighted by molar-refractivity contribution is 6.62. The van der Waals surface area contributed by atoms with E-state index in [9.17, 15) is 4.79 Å². The molecule has 0 saturated carbocycles. The fourth-order valence-corrected chi connectivity index (χ4v) is 6.00. The van der Waals surface area contributed by atoms with Crippen LogP contribution in [0.4, 0.5) is 10.5 Å². The van der Waals surface area contributed by atoms with E-state index in [-0.39, 0.29) is 6.54 Å². The molecule has 1 aliphatic heterocycles. The number of nitrogens with one attached hydrogen (secondary N) is 2. The third-order valence-corrected chi connectivity index (χ3v) is 9.94. The molecule has 0 radical (unpaired) electrons. The summed E-state index contributed by atoms with van der Waals surface area (Å²) in [5.74, 6) is 2.13. The monoisotopic (exact) mass is 820 g/mol. The smallest absolute Gasteiger partial charge is 0.494 e. The molecule has 1 aliphatic rings. The molecule has 4 aromatic rings. The SMILES string of the molecule is COc1ccc(CNc2cnnc3cc(-c4cc(B5OC(C)(C)C(C)(C)O5)ccc4OCCOCCOCCOCCOCCOCCNC(=O)O)ccc23)c(OC)c1. The zero-order valence-electron chi connectivity index (χ0n) is 34.9. The Morgan fingerprint density at radius 3 is 1.97 bits per heavy atom. The number of fused-ring (bicyclic) bond motifs is 1. The van der Waals surface area contributed by atoms with E-state index in [0.29, 0.717) is 85.0 Å². The van der Waals surface area contributed by atoms with E-state index in [1.54, 1.807) is 20.4 Å². The van der Waals surface area contributed by atoms with Crippen molar-refractivity contribution in [1.82, 2.24) is 15.5 Å². The number of ether oxygens (including phenoxy) is 8. The van der Waals surface area contributed by atoms with Crippen LogP contribution < -0.4 is 30.3 Å². The van der Waals surface area contributed by atoms with Gasteiger partial charge < -0.3 is 62.9 Å². The van der Waals surface area contributed by atoms with Gasteiger partial charge in [-0.15, -0.1) is 0 Å². The third-order valence-electron chi connectivity index (χ3n) is 9.94. The van der Waals surface area contributed by atoms with Crippen LogP contribution in [0.1, 0.15) is 33.3 Å². The van der Waals surface area contributed by atoms with Gasteiger partial charge in [0.2, 0.25) is 0 Å². The molecular formula is C42H57BN4O12. The van der Waals surface area contributed by atoms with Gasteiger partial charge in [0.15, 0.2) is 0 Å². The Morgan fingerprint density at radius 1 is 0.729 bits per heavy atom. The summed E-state index contributed by atoms with van der Waals surface area (Å²) in [6, 6.07) is 17.8. The minimum atomic E-state index is -1.07. The van der Waals surface area contributed by atoms with E-state index in [4.69, 9.17) is 52.3 Å². The lowest BCUT2D eigenvalue weighted by atomic mass is 9.77. The normalized spacial score (nSPS) is 14.4. The number of methoxy groups -OCH3 is 2. The van der Waals surface area contributed by atoms with E-state index in [0.717, 1.165) is 50.2 Å². The van der Waals surface area contributed by atoms with Crippen LogP contribution in [0.5, 0.6) is 17.2 Å². The summed E-state index contributed by atoms with van der Waals surface area (Å²) in [5.41, 5.74) is 4.18. The standard InChI is InChI=1S/C42H57BN4O12/c1-41(2)42(3,4)59-43(58-41)32-9-12-38(57-24-23-56-22-21-55-20-19-54-18-17-53-16-15-52-14-13-44-40(48)49)35(26-32)30-8-11-34-36(25-30)47-46-29-37(34)45-28-31-7-10-33(50-5)27-39(31)51-6/h7-12,25-27,29,44H,13-24,28H2,1-6H3,(H,45,47)(H,48,49). The van der Waals surface area contributed by atoms with Crippen LogP contribution in [0.15, 0.2) is 60.8 Å². The molecule has 0 unspecified atom stereocenters. The summed E-state index contributed by atoms with van der Waals surface area (Å²) in [6.07, 6.45) is 0.650. The maximum Gasteiger partial charge on any atom is 0.494 e. The van der Waals surface area contributed by atoms with E-state index in [1.165, 1.54) is 0 Å². The first kappa shape index (κ1) is 45.3. The highest BCUT2D eigenvalue weighted by Gasteiger charge is 2.51. The number of carbonyl (C=O) groups is 1. The Bertz CT molecular complexity index is 1920. The van der Waals surface area contributed by atoms with Gasteiger partial charge in [-0.3, -0.25) is 0 Å². The average molecular weight is 821 g/mol. The summed E-state index contributed by atoms with van der Waals surface area (Å²) in [5, 5.41) is 23.9. The van der Waals surface area contributed by atoms with Crippen LogP contribution in [0.2, 0.25) is 0 Å². The van der Waals surface area contributed by atoms with E-state index in [2.05, 4.69) is 20.8 Å². The summed E-state index contributed by atoms with van der Waals surface area (Å²) in [4.78, 5) is 10.4. The number of aromatic nitrogens is 2. The van der Waals surface area contributed by atoms with E-state index >= 15 is 0 Å². The van der Waals surface area contributed by atoms with Gasteiger partial charge in [0, 0.05) is 35.7 Å². The molecule has 0 atom stereocenters. The molecule has 1 aromatic heterocycles. The van der Waals surface area contributed by atoms with Crippen LogP contribution in [0, 0.1) is 0 Å². The molecule has 0 aliphatic carbocycles. The molecule has 1 amide bonds. The molecule has 17 heteroatoms. The van der Waals surface area contributed by atoms with E-state index in [1.807, 2.05) is 82.3 Å². The zero-order chi connectivity index (χ0) is 42.1. The minimum Gasteiger partial charge on any atom is -0.497 e. The first-order valence-corrected chi connectivity index (χ1v) is 19.7. The number of hydrogen-bond acceptors (Lipinski definition) is 14. The lowest BCUT2D eigenvalue weighted by molar-refractivity contribution is -0.0124. The number of rotatable bonds is 26. The molecule has 0 bridgehead atoms. The van der Waals surface area contributed by atoms with Crippen LogP contribution >= 0.6 is 0 Å². The lowest BCUT2D eigenvalue weighted by Gasteiger charge is -2.32. The van der Waals surface area contributed by atoms with Gasteiger partial charge in [-0.25, -0.2) is 4.79 Å². The molecule has 320 valence electrons. The number of hydrogen-bond donors (Lipinski definition) is 3. The van der Waals surface area contributed by atoms with Crippen LogP contribution in [-0.2, 0) is 39.5 Å². The number of nitrogens with zero attached hydrogens (tertiary/aromatic N) is 2. The Kier molecular flexibility index (Phi) is 17.4. The van der Waals surface area contributed by atoms with Crippen LogP contribution in [-0.4, -0.2) is 133 Å². The topological polar surface area (TPSA) is 179 Å². The van der Waals surface area contributed by atoms with Gasteiger partial charge in [0.1, 0.15) is 23.9 Å². The summed E-state index contributed by atoms with van der Waals surface area (Å²) < 4.78 is 57.6. The van der Waals surface area contributed by atoms with Crippen molar-refractivity contribution in [3.63, 3.8) is 0 Å². The Balaban J connectivity index is 1.12. The third kappa shape index (κ3) is 13.4. The van der Waals surface area contributed by atoms with Crippen molar-refractivity contribution in [2.75, 3.05) is 98.8 Å². The fourth-order valence-electron chi connectivity index (χ4n) is 6.00. The molecule has 59 heavy (non-hydrogen) atoms. The first-order valence-electron chi connectivity index (χ1n) is 19.7. The van der Waals surface area contributed by atoms with Crippen molar-refractivity contribution in [1.29, 1.82) is 0 Å². The van der Waals surface area contributed by atoms with Crippen molar-refractivity contribution < 1.29 is 57.1 Å². The molecule has 1 fully saturated rings. The van der Waals surface area contributed by atoms with Gasteiger partial charge in [-0.05, 0) is 69.1 Å². The summed E-state index contributed by atoms with van der Waals surface area (Å²) >= 11 is 0. The first-order chi connectivity index (χ1) is 28.5. The lowest BCUT2D eigenvalue weighted by Crippen LogP contribution is -2.41.